The van der Waals surface area contributed by atoms with Gasteiger partial charge in [0.1, 0.15) is 0 Å². The zero-order valence-corrected chi connectivity index (χ0v) is 15.4. The molecule has 4 amide bonds. The normalized spacial score (nSPS) is 17.0. The SMILES string of the molecule is CC(=O)c1cccc(NC(=O)N2CCN(C(=O)C(=O)N3CCCC3)CC2)c1. The molecule has 2 heterocycles. The fourth-order valence-corrected chi connectivity index (χ4v) is 3.32. The Morgan fingerprint density at radius 2 is 1.37 bits per heavy atom. The van der Waals surface area contributed by atoms with Crippen molar-refractivity contribution >= 4 is 29.3 Å². The summed E-state index contributed by atoms with van der Waals surface area (Å²) in [4.78, 5) is 53.1. The maximum atomic E-state index is 12.4. The third-order valence-corrected chi connectivity index (χ3v) is 4.95. The van der Waals surface area contributed by atoms with Gasteiger partial charge in [0.25, 0.3) is 0 Å². The summed E-state index contributed by atoms with van der Waals surface area (Å²) in [6.07, 6.45) is 1.88. The minimum atomic E-state index is -0.480. The number of nitrogens with one attached hydrogen (secondary N) is 1. The summed E-state index contributed by atoms with van der Waals surface area (Å²) in [7, 11) is 0. The van der Waals surface area contributed by atoms with Gasteiger partial charge in [0.2, 0.25) is 0 Å². The monoisotopic (exact) mass is 372 g/mol. The molecule has 0 saturated carbocycles. The molecule has 0 aliphatic carbocycles. The zero-order valence-electron chi connectivity index (χ0n) is 15.4. The first-order valence-electron chi connectivity index (χ1n) is 9.21. The Bertz CT molecular complexity index is 750. The van der Waals surface area contributed by atoms with Crippen LogP contribution in [0.4, 0.5) is 10.5 Å². The Morgan fingerprint density at radius 1 is 0.815 bits per heavy atom. The first kappa shape index (κ1) is 18.9. The summed E-state index contributed by atoms with van der Waals surface area (Å²) in [5.41, 5.74) is 1.08. The van der Waals surface area contributed by atoms with Crippen molar-refractivity contribution < 1.29 is 19.2 Å². The predicted molar refractivity (Wildman–Crippen MR) is 99.4 cm³/mol. The molecular weight excluding hydrogens is 348 g/mol. The molecule has 2 saturated heterocycles. The maximum Gasteiger partial charge on any atom is 0.321 e. The number of amides is 4. The van der Waals surface area contributed by atoms with E-state index in [1.165, 1.54) is 11.8 Å². The molecule has 0 bridgehead atoms. The molecule has 3 rings (SSSR count). The van der Waals surface area contributed by atoms with Gasteiger partial charge in [-0.15, -0.1) is 0 Å². The minimum Gasteiger partial charge on any atom is -0.334 e. The summed E-state index contributed by atoms with van der Waals surface area (Å²) in [6.45, 7) is 4.15. The van der Waals surface area contributed by atoms with E-state index < -0.39 is 11.8 Å². The summed E-state index contributed by atoms with van der Waals surface area (Å²) < 4.78 is 0. The Hall–Kier alpha value is -2.90. The van der Waals surface area contributed by atoms with Crippen LogP contribution in [-0.4, -0.2) is 77.6 Å². The van der Waals surface area contributed by atoms with E-state index in [1.807, 2.05) is 0 Å². The molecule has 2 aliphatic rings. The molecule has 1 N–H and O–H groups in total. The molecule has 8 heteroatoms. The number of nitrogens with zero attached hydrogens (tertiary/aromatic N) is 3. The zero-order chi connectivity index (χ0) is 19.4. The van der Waals surface area contributed by atoms with Crippen molar-refractivity contribution in [2.75, 3.05) is 44.6 Å². The van der Waals surface area contributed by atoms with E-state index >= 15 is 0 Å². The molecule has 8 nitrogen and oxygen atoms in total. The van der Waals surface area contributed by atoms with Gasteiger partial charge < -0.3 is 20.0 Å². The number of hydrogen-bond acceptors (Lipinski definition) is 4. The van der Waals surface area contributed by atoms with Crippen LogP contribution in [0.2, 0.25) is 0 Å². The van der Waals surface area contributed by atoms with Crippen LogP contribution in [-0.2, 0) is 9.59 Å². The third-order valence-electron chi connectivity index (χ3n) is 4.95. The molecule has 1 aromatic rings. The van der Waals surface area contributed by atoms with Crippen LogP contribution in [0.3, 0.4) is 0 Å². The van der Waals surface area contributed by atoms with Crippen LogP contribution in [0.25, 0.3) is 0 Å². The number of likely N-dealkylation sites (tertiary alicyclic amines) is 1. The second-order valence-corrected chi connectivity index (χ2v) is 6.85. The van der Waals surface area contributed by atoms with Gasteiger partial charge in [0.15, 0.2) is 5.78 Å². The number of carbonyl (C=O) groups is 4. The number of ketones is 1. The molecule has 2 aliphatic heterocycles. The lowest BCUT2D eigenvalue weighted by molar-refractivity contribution is -0.152. The summed E-state index contributed by atoms with van der Waals surface area (Å²) in [5, 5.41) is 2.77. The highest BCUT2D eigenvalue weighted by Gasteiger charge is 2.31. The average molecular weight is 372 g/mol. The minimum absolute atomic E-state index is 0.0686. The van der Waals surface area contributed by atoms with Crippen molar-refractivity contribution in [2.45, 2.75) is 19.8 Å². The average Bonchev–Trinajstić information content (AvgIpc) is 3.22. The molecule has 0 aromatic heterocycles. The number of anilines is 1. The van der Waals surface area contributed by atoms with E-state index in [4.69, 9.17) is 0 Å². The lowest BCUT2D eigenvalue weighted by atomic mass is 10.1. The lowest BCUT2D eigenvalue weighted by Gasteiger charge is -2.34. The summed E-state index contributed by atoms with van der Waals surface area (Å²) in [5.74, 6) is -0.988. The number of benzene rings is 1. The van der Waals surface area contributed by atoms with Crippen LogP contribution in [0.1, 0.15) is 30.1 Å². The fraction of sp³-hybridized carbons (Fsp3) is 0.474. The summed E-state index contributed by atoms with van der Waals surface area (Å²) in [6, 6.07) is 6.48. The van der Waals surface area contributed by atoms with Crippen molar-refractivity contribution in [2.24, 2.45) is 0 Å². The predicted octanol–water partition coefficient (Wildman–Crippen LogP) is 1.19. The lowest BCUT2D eigenvalue weighted by Crippen LogP contribution is -2.54. The highest BCUT2D eigenvalue weighted by Crippen LogP contribution is 2.14. The number of carbonyl (C=O) groups excluding carboxylic acids is 4. The topological polar surface area (TPSA) is 90.0 Å². The van der Waals surface area contributed by atoms with Gasteiger partial charge in [0, 0.05) is 50.5 Å². The molecule has 1 aromatic carbocycles. The van der Waals surface area contributed by atoms with Crippen molar-refractivity contribution in [1.29, 1.82) is 0 Å². The summed E-state index contributed by atoms with van der Waals surface area (Å²) >= 11 is 0. The molecule has 144 valence electrons. The third kappa shape index (κ3) is 4.45. The van der Waals surface area contributed by atoms with E-state index in [0.29, 0.717) is 50.5 Å². The van der Waals surface area contributed by atoms with Crippen LogP contribution in [0, 0.1) is 0 Å². The molecular formula is C19H24N4O4. The fourth-order valence-electron chi connectivity index (χ4n) is 3.32. The molecule has 0 unspecified atom stereocenters. The first-order valence-corrected chi connectivity index (χ1v) is 9.21. The number of hydrogen-bond donors (Lipinski definition) is 1. The highest BCUT2D eigenvalue weighted by molar-refractivity contribution is 6.35. The standard InChI is InChI=1S/C19H24N4O4/c1-14(24)15-5-4-6-16(13-15)20-19(27)23-11-9-22(10-12-23)18(26)17(25)21-7-2-3-8-21/h4-6,13H,2-3,7-12H2,1H3,(H,20,27). The van der Waals surface area contributed by atoms with Gasteiger partial charge >= 0.3 is 17.8 Å². The molecule has 2 fully saturated rings. The molecule has 27 heavy (non-hydrogen) atoms. The first-order chi connectivity index (χ1) is 13.0. The molecule has 0 atom stereocenters. The van der Waals surface area contributed by atoms with Crippen LogP contribution >= 0.6 is 0 Å². The van der Waals surface area contributed by atoms with Gasteiger partial charge in [-0.1, -0.05) is 12.1 Å². The Kier molecular flexibility index (Phi) is 5.73. The Labute approximate surface area is 158 Å². The Balaban J connectivity index is 1.51. The van der Waals surface area contributed by atoms with Gasteiger partial charge in [-0.05, 0) is 31.9 Å². The number of Topliss-reactive ketones (excluding diaryl/α,β-unsaturated/α-hetero) is 1. The number of piperazine rings is 1. The van der Waals surface area contributed by atoms with Gasteiger partial charge in [-0.3, -0.25) is 14.4 Å². The smallest absolute Gasteiger partial charge is 0.321 e. The second kappa shape index (κ2) is 8.20. The maximum absolute atomic E-state index is 12.4. The highest BCUT2D eigenvalue weighted by atomic mass is 16.2. The number of rotatable bonds is 2. The van der Waals surface area contributed by atoms with Gasteiger partial charge in [-0.25, -0.2) is 4.79 Å². The van der Waals surface area contributed by atoms with Crippen molar-refractivity contribution in [3.8, 4) is 0 Å². The Morgan fingerprint density at radius 3 is 1.96 bits per heavy atom. The molecule has 0 radical (unpaired) electrons. The van der Waals surface area contributed by atoms with Crippen molar-refractivity contribution in [3.63, 3.8) is 0 Å². The van der Waals surface area contributed by atoms with E-state index in [2.05, 4.69) is 5.32 Å². The van der Waals surface area contributed by atoms with E-state index in [9.17, 15) is 19.2 Å². The van der Waals surface area contributed by atoms with Crippen LogP contribution < -0.4 is 5.32 Å². The van der Waals surface area contributed by atoms with Crippen LogP contribution in [0.5, 0.6) is 0 Å². The van der Waals surface area contributed by atoms with Gasteiger partial charge in [0.05, 0.1) is 0 Å². The van der Waals surface area contributed by atoms with Crippen molar-refractivity contribution in [3.05, 3.63) is 29.8 Å². The van der Waals surface area contributed by atoms with E-state index in [1.54, 1.807) is 34.1 Å². The molecule has 0 spiro atoms. The largest absolute Gasteiger partial charge is 0.334 e. The van der Waals surface area contributed by atoms with Crippen LogP contribution in [0.15, 0.2) is 24.3 Å². The van der Waals surface area contributed by atoms with Gasteiger partial charge in [-0.2, -0.15) is 0 Å². The van der Waals surface area contributed by atoms with Crippen molar-refractivity contribution in [1.82, 2.24) is 14.7 Å². The van der Waals surface area contributed by atoms with E-state index in [0.717, 1.165) is 12.8 Å². The second-order valence-electron chi connectivity index (χ2n) is 6.85. The van der Waals surface area contributed by atoms with E-state index in [-0.39, 0.29) is 11.8 Å². The number of urea groups is 1. The quantitative estimate of drug-likeness (QED) is 0.624.